The Hall–Kier alpha value is -2.02. The number of imidazole rings is 1. The number of benzene rings is 1. The van der Waals surface area contributed by atoms with E-state index in [4.69, 9.17) is 11.0 Å². The summed E-state index contributed by atoms with van der Waals surface area (Å²) in [6.45, 7) is 0. The van der Waals surface area contributed by atoms with Gasteiger partial charge in [0.1, 0.15) is 0 Å². The van der Waals surface area contributed by atoms with Crippen LogP contribution < -0.4 is 5.73 Å². The first-order valence-corrected chi connectivity index (χ1v) is 4.97. The molecule has 0 bridgehead atoms. The topological polar surface area (TPSA) is 67.6 Å². The van der Waals surface area contributed by atoms with Crippen molar-refractivity contribution in [2.75, 3.05) is 5.73 Å². The average Bonchev–Trinajstić information content (AvgIpc) is 3.00. The minimum absolute atomic E-state index is 0.490. The molecule has 1 aromatic carbocycles. The first-order chi connectivity index (χ1) is 7.29. The average molecular weight is 198 g/mol. The van der Waals surface area contributed by atoms with Crippen molar-refractivity contribution in [3.63, 3.8) is 0 Å². The van der Waals surface area contributed by atoms with Gasteiger partial charge in [0, 0.05) is 6.04 Å². The Morgan fingerprint density at radius 3 is 2.93 bits per heavy atom. The second-order valence-corrected chi connectivity index (χ2v) is 3.89. The molecule has 2 N–H and O–H groups in total. The molecular formula is C11H10N4. The Labute approximate surface area is 86.9 Å². The van der Waals surface area contributed by atoms with E-state index < -0.39 is 0 Å². The van der Waals surface area contributed by atoms with Gasteiger partial charge >= 0.3 is 0 Å². The monoisotopic (exact) mass is 198 g/mol. The highest BCUT2D eigenvalue weighted by molar-refractivity contribution is 5.80. The third-order valence-electron chi connectivity index (χ3n) is 2.76. The summed E-state index contributed by atoms with van der Waals surface area (Å²) in [6, 6.07) is 8.10. The Balaban J connectivity index is 2.32. The fraction of sp³-hybridized carbons (Fsp3) is 0.273. The summed E-state index contributed by atoms with van der Waals surface area (Å²) in [5.74, 6) is 0.558. The molecular weight excluding hydrogens is 188 g/mol. The Morgan fingerprint density at radius 1 is 1.47 bits per heavy atom. The molecule has 3 rings (SSSR count). The number of nitrogen functional groups attached to an aromatic ring is 1. The van der Waals surface area contributed by atoms with E-state index >= 15 is 0 Å². The first-order valence-electron chi connectivity index (χ1n) is 4.97. The van der Waals surface area contributed by atoms with Gasteiger partial charge in [-0.25, -0.2) is 4.98 Å². The minimum Gasteiger partial charge on any atom is -0.369 e. The first kappa shape index (κ1) is 8.30. The van der Waals surface area contributed by atoms with Crippen molar-refractivity contribution in [1.29, 1.82) is 5.26 Å². The molecule has 1 aliphatic carbocycles. The predicted molar refractivity (Wildman–Crippen MR) is 57.1 cm³/mol. The van der Waals surface area contributed by atoms with Gasteiger partial charge in [-0.2, -0.15) is 5.26 Å². The van der Waals surface area contributed by atoms with E-state index in [1.807, 2.05) is 16.7 Å². The van der Waals surface area contributed by atoms with Crippen LogP contribution in [0.3, 0.4) is 0 Å². The van der Waals surface area contributed by atoms with Crippen LogP contribution in [0.15, 0.2) is 18.2 Å². The van der Waals surface area contributed by atoms with Gasteiger partial charge in [-0.3, -0.25) is 0 Å². The molecule has 0 atom stereocenters. The largest absolute Gasteiger partial charge is 0.369 e. The molecule has 0 amide bonds. The van der Waals surface area contributed by atoms with Crippen LogP contribution in [0.4, 0.5) is 5.95 Å². The smallest absolute Gasteiger partial charge is 0.201 e. The van der Waals surface area contributed by atoms with Gasteiger partial charge in [-0.05, 0) is 31.0 Å². The lowest BCUT2D eigenvalue weighted by Gasteiger charge is -2.02. The number of nitrogens with two attached hydrogens (primary N) is 1. The van der Waals surface area contributed by atoms with E-state index in [1.54, 1.807) is 6.07 Å². The molecule has 1 heterocycles. The molecule has 4 heteroatoms. The maximum Gasteiger partial charge on any atom is 0.201 e. The minimum atomic E-state index is 0.490. The standard InChI is InChI=1S/C11H10N4/c12-6-7-1-4-9-10(5-7)15(8-2-3-8)11(13)14-9/h1,4-5,8H,2-3H2,(H2,13,14). The SMILES string of the molecule is N#Cc1ccc2nc(N)n(C3CC3)c2c1. The normalized spacial score (nSPS) is 15.4. The lowest BCUT2D eigenvalue weighted by molar-refractivity contribution is 0.779. The molecule has 0 unspecified atom stereocenters. The molecule has 0 saturated heterocycles. The Morgan fingerprint density at radius 2 is 2.27 bits per heavy atom. The summed E-state index contributed by atoms with van der Waals surface area (Å²) in [5, 5.41) is 8.84. The van der Waals surface area contributed by atoms with E-state index in [9.17, 15) is 0 Å². The number of nitrogens with zero attached hydrogens (tertiary/aromatic N) is 3. The van der Waals surface area contributed by atoms with Crippen molar-refractivity contribution < 1.29 is 0 Å². The predicted octanol–water partition coefficient (Wildman–Crippen LogP) is 1.83. The van der Waals surface area contributed by atoms with Crippen LogP contribution in [0.1, 0.15) is 24.4 Å². The molecule has 0 aliphatic heterocycles. The molecule has 4 nitrogen and oxygen atoms in total. The second kappa shape index (κ2) is 2.74. The number of rotatable bonds is 1. The third kappa shape index (κ3) is 1.17. The van der Waals surface area contributed by atoms with E-state index in [2.05, 4.69) is 11.1 Å². The van der Waals surface area contributed by atoms with Crippen molar-refractivity contribution in [3.05, 3.63) is 23.8 Å². The summed E-state index contributed by atoms with van der Waals surface area (Å²) < 4.78 is 2.04. The van der Waals surface area contributed by atoms with Crippen LogP contribution in [0, 0.1) is 11.3 Å². The molecule has 2 aromatic rings. The Kier molecular flexibility index (Phi) is 1.51. The molecule has 1 aliphatic rings. The maximum absolute atomic E-state index is 8.84. The van der Waals surface area contributed by atoms with Crippen molar-refractivity contribution in [2.24, 2.45) is 0 Å². The van der Waals surface area contributed by atoms with Gasteiger partial charge in [0.25, 0.3) is 0 Å². The number of nitriles is 1. The molecule has 15 heavy (non-hydrogen) atoms. The van der Waals surface area contributed by atoms with Gasteiger partial charge < -0.3 is 10.3 Å². The zero-order valence-electron chi connectivity index (χ0n) is 8.14. The fourth-order valence-electron chi connectivity index (χ4n) is 1.90. The summed E-state index contributed by atoms with van der Waals surface area (Å²) in [4.78, 5) is 4.28. The van der Waals surface area contributed by atoms with Crippen LogP contribution in [-0.4, -0.2) is 9.55 Å². The molecule has 0 spiro atoms. The van der Waals surface area contributed by atoms with Gasteiger partial charge in [-0.1, -0.05) is 0 Å². The number of hydrogen-bond acceptors (Lipinski definition) is 3. The molecule has 0 radical (unpaired) electrons. The number of fused-ring (bicyclic) bond motifs is 1. The van der Waals surface area contributed by atoms with Crippen LogP contribution in [-0.2, 0) is 0 Å². The lowest BCUT2D eigenvalue weighted by atomic mass is 10.2. The third-order valence-corrected chi connectivity index (χ3v) is 2.76. The quantitative estimate of drug-likeness (QED) is 0.760. The lowest BCUT2D eigenvalue weighted by Crippen LogP contribution is -2.00. The van der Waals surface area contributed by atoms with E-state index in [0.29, 0.717) is 17.6 Å². The van der Waals surface area contributed by atoms with Crippen molar-refractivity contribution in [1.82, 2.24) is 9.55 Å². The van der Waals surface area contributed by atoms with Gasteiger partial charge in [0.15, 0.2) is 0 Å². The summed E-state index contributed by atoms with van der Waals surface area (Å²) in [5.41, 5.74) is 8.37. The summed E-state index contributed by atoms with van der Waals surface area (Å²) in [7, 11) is 0. The highest BCUT2D eigenvalue weighted by Gasteiger charge is 2.27. The van der Waals surface area contributed by atoms with Crippen LogP contribution >= 0.6 is 0 Å². The van der Waals surface area contributed by atoms with E-state index in [0.717, 1.165) is 23.9 Å². The second-order valence-electron chi connectivity index (χ2n) is 3.89. The van der Waals surface area contributed by atoms with Crippen molar-refractivity contribution in [3.8, 4) is 6.07 Å². The summed E-state index contributed by atoms with van der Waals surface area (Å²) >= 11 is 0. The van der Waals surface area contributed by atoms with Gasteiger partial charge in [0.05, 0.1) is 22.7 Å². The van der Waals surface area contributed by atoms with Gasteiger partial charge in [-0.15, -0.1) is 0 Å². The number of aromatic nitrogens is 2. The van der Waals surface area contributed by atoms with Crippen molar-refractivity contribution >= 4 is 17.0 Å². The van der Waals surface area contributed by atoms with Crippen LogP contribution in [0.25, 0.3) is 11.0 Å². The molecule has 1 aromatic heterocycles. The van der Waals surface area contributed by atoms with Crippen LogP contribution in [0.2, 0.25) is 0 Å². The van der Waals surface area contributed by atoms with E-state index in [-0.39, 0.29) is 0 Å². The number of anilines is 1. The Bertz CT molecular complexity index is 572. The number of hydrogen-bond donors (Lipinski definition) is 1. The molecule has 1 saturated carbocycles. The summed E-state index contributed by atoms with van der Waals surface area (Å²) in [6.07, 6.45) is 2.32. The van der Waals surface area contributed by atoms with E-state index in [1.165, 1.54) is 0 Å². The van der Waals surface area contributed by atoms with Gasteiger partial charge in [0.2, 0.25) is 5.95 Å². The zero-order chi connectivity index (χ0) is 10.4. The zero-order valence-corrected chi connectivity index (χ0v) is 8.14. The fourth-order valence-corrected chi connectivity index (χ4v) is 1.90. The molecule has 74 valence electrons. The maximum atomic E-state index is 8.84. The highest BCUT2D eigenvalue weighted by Crippen LogP contribution is 2.39. The van der Waals surface area contributed by atoms with Crippen LogP contribution in [0.5, 0.6) is 0 Å². The molecule has 1 fully saturated rings. The highest BCUT2D eigenvalue weighted by atomic mass is 15.2. The van der Waals surface area contributed by atoms with Crippen molar-refractivity contribution in [2.45, 2.75) is 18.9 Å².